The molecule has 0 amide bonds. The van der Waals surface area contributed by atoms with Gasteiger partial charge in [-0.2, -0.15) is 0 Å². The topological polar surface area (TPSA) is 41.5 Å². The molecule has 0 aliphatic rings. The normalized spacial score (nSPS) is 8.73. The summed E-state index contributed by atoms with van der Waals surface area (Å²) in [5.74, 6) is 0. The van der Waals surface area contributed by atoms with Crippen molar-refractivity contribution in [3.63, 3.8) is 0 Å². The average molecular weight is 165 g/mol. The second-order valence-electron chi connectivity index (χ2n) is 1.82. The Morgan fingerprint density at radius 3 is 2.45 bits per heavy atom. The molecule has 0 heterocycles. The molecule has 0 saturated carbocycles. The van der Waals surface area contributed by atoms with Crippen LogP contribution in [0.15, 0.2) is 0 Å². The van der Waals surface area contributed by atoms with Gasteiger partial charge in [-0.25, -0.2) is 0 Å². The molecule has 3 nitrogen and oxygen atoms in total. The van der Waals surface area contributed by atoms with Gasteiger partial charge in [-0.05, 0) is 13.0 Å². The van der Waals surface area contributed by atoms with E-state index in [-0.39, 0.29) is 8.03 Å². The fourth-order valence-corrected chi connectivity index (χ4v) is 0.546. The molecule has 11 heavy (non-hydrogen) atoms. The minimum atomic E-state index is 0. The molecule has 0 fully saturated rings. The predicted octanol–water partition coefficient (Wildman–Crippen LogP) is 0.877. The molecule has 3 heteroatoms. The Morgan fingerprint density at radius 2 is 2.00 bits per heavy atom. The third-order valence-corrected chi connectivity index (χ3v) is 0.991. The Morgan fingerprint density at radius 1 is 1.36 bits per heavy atom. The first-order valence-corrected chi connectivity index (χ1v) is 4.22. The summed E-state index contributed by atoms with van der Waals surface area (Å²) < 4.78 is 4.82. The number of nitrogens with one attached hydrogen (secondary N) is 1. The molecule has 0 aliphatic heterocycles. The molecule has 0 aromatic rings. The molecule has 0 bridgehead atoms. The number of ether oxygens (including phenoxy) is 1. The first kappa shape index (κ1) is 13.5. The van der Waals surface area contributed by atoms with Crippen LogP contribution in [0.5, 0.6) is 0 Å². The molecular formula is C8H23NO2. The fourth-order valence-electron chi connectivity index (χ4n) is 0.546. The van der Waals surface area contributed by atoms with Crippen LogP contribution in [0.1, 0.15) is 21.7 Å². The number of rotatable bonds is 6. The molecule has 0 spiro atoms. The number of methoxy groups -OCH3 is 1. The molecule has 0 aromatic carbocycles. The van der Waals surface area contributed by atoms with Gasteiger partial charge in [0.25, 0.3) is 0 Å². The van der Waals surface area contributed by atoms with E-state index in [0.717, 1.165) is 19.6 Å². The van der Waals surface area contributed by atoms with Crippen molar-refractivity contribution in [2.45, 2.75) is 20.3 Å². The Bertz CT molecular complexity index is 50.3. The van der Waals surface area contributed by atoms with E-state index in [1.807, 2.05) is 13.8 Å². The molecule has 0 rings (SSSR count). The summed E-state index contributed by atoms with van der Waals surface area (Å²) in [5.41, 5.74) is 0. The lowest BCUT2D eigenvalue weighted by atomic mass is 10.4. The maximum atomic E-state index is 8.33. The summed E-state index contributed by atoms with van der Waals surface area (Å²) in [4.78, 5) is 0. The summed E-state index contributed by atoms with van der Waals surface area (Å²) in [6.45, 7) is 6.61. The van der Waals surface area contributed by atoms with Gasteiger partial charge in [0, 0.05) is 21.7 Å². The highest BCUT2D eigenvalue weighted by molar-refractivity contribution is 4.43. The highest BCUT2D eigenvalue weighted by Gasteiger charge is 1.84. The van der Waals surface area contributed by atoms with Crippen molar-refractivity contribution in [3.05, 3.63) is 0 Å². The van der Waals surface area contributed by atoms with Crippen molar-refractivity contribution < 1.29 is 11.3 Å². The second-order valence-corrected chi connectivity index (χ2v) is 1.82. The van der Waals surface area contributed by atoms with Crippen LogP contribution in [0.3, 0.4) is 0 Å². The Balaban J connectivity index is -0.000000249. The third-order valence-electron chi connectivity index (χ3n) is 0.991. The Labute approximate surface area is 71.2 Å². The summed E-state index contributed by atoms with van der Waals surface area (Å²) in [7, 11) is 1.69. The second kappa shape index (κ2) is 16.5. The van der Waals surface area contributed by atoms with Crippen molar-refractivity contribution in [1.29, 1.82) is 0 Å². The summed E-state index contributed by atoms with van der Waals surface area (Å²) in [6.07, 6.45) is 1.01. The van der Waals surface area contributed by atoms with Crippen LogP contribution in [-0.2, 0) is 4.74 Å². The van der Waals surface area contributed by atoms with Crippen LogP contribution in [0.4, 0.5) is 0 Å². The smallest absolute Gasteiger partial charge is 0.0555 e. The minimum absolute atomic E-state index is 0. The molecule has 0 unspecified atom stereocenters. The van der Waals surface area contributed by atoms with E-state index in [9.17, 15) is 0 Å². The van der Waals surface area contributed by atoms with Gasteiger partial charge in [0.15, 0.2) is 0 Å². The van der Waals surface area contributed by atoms with E-state index in [1.165, 1.54) is 0 Å². The first-order chi connectivity index (χ1) is 5.41. The number of hydrogen-bond acceptors (Lipinski definition) is 3. The van der Waals surface area contributed by atoms with Crippen LogP contribution < -0.4 is 5.32 Å². The van der Waals surface area contributed by atoms with Crippen molar-refractivity contribution in [2.24, 2.45) is 0 Å². The Kier molecular flexibility index (Phi) is 20.2. The van der Waals surface area contributed by atoms with Gasteiger partial charge in [-0.15, -0.1) is 0 Å². The zero-order chi connectivity index (χ0) is 8.95. The zero-order valence-corrected chi connectivity index (χ0v) is 7.89. The lowest BCUT2D eigenvalue weighted by Crippen LogP contribution is -2.20. The number of aliphatic hydroxyl groups is 1. The van der Waals surface area contributed by atoms with E-state index < -0.39 is 0 Å². The highest BCUT2D eigenvalue weighted by Crippen LogP contribution is 1.75. The molecule has 0 radical (unpaired) electrons. The van der Waals surface area contributed by atoms with Gasteiger partial charge in [-0.1, -0.05) is 13.8 Å². The van der Waals surface area contributed by atoms with E-state index in [1.54, 1.807) is 7.11 Å². The quantitative estimate of drug-likeness (QED) is 0.574. The fraction of sp³-hybridized carbons (Fsp3) is 1.00. The highest BCUT2D eigenvalue weighted by atomic mass is 16.5. The minimum Gasteiger partial charge on any atom is -0.395 e. The van der Waals surface area contributed by atoms with Crippen LogP contribution in [-0.4, -0.2) is 38.5 Å². The number of aliphatic hydroxyl groups excluding tert-OH is 1. The molecule has 72 valence electrons. The molecular weight excluding hydrogens is 142 g/mol. The molecule has 0 atom stereocenters. The summed E-state index contributed by atoms with van der Waals surface area (Å²) in [6, 6.07) is 0. The van der Waals surface area contributed by atoms with E-state index in [2.05, 4.69) is 5.32 Å². The van der Waals surface area contributed by atoms with Crippen LogP contribution in [0, 0.1) is 0 Å². The van der Waals surface area contributed by atoms with Crippen molar-refractivity contribution >= 4 is 0 Å². The molecule has 2 N–H and O–H groups in total. The SMILES string of the molecule is CC.COCCCNCCO.[HH]. The predicted molar refractivity (Wildman–Crippen MR) is 49.9 cm³/mol. The lowest BCUT2D eigenvalue weighted by molar-refractivity contribution is 0.193. The van der Waals surface area contributed by atoms with Gasteiger partial charge in [-0.3, -0.25) is 0 Å². The van der Waals surface area contributed by atoms with Gasteiger partial charge < -0.3 is 15.2 Å². The van der Waals surface area contributed by atoms with Crippen LogP contribution in [0.25, 0.3) is 0 Å². The van der Waals surface area contributed by atoms with Crippen molar-refractivity contribution in [1.82, 2.24) is 5.32 Å². The average Bonchev–Trinajstić information content (AvgIpc) is 2.08. The third kappa shape index (κ3) is 17.7. The summed E-state index contributed by atoms with van der Waals surface area (Å²) >= 11 is 0. The Hall–Kier alpha value is -0.120. The van der Waals surface area contributed by atoms with Crippen LogP contribution in [0.2, 0.25) is 0 Å². The van der Waals surface area contributed by atoms with Gasteiger partial charge in [0.05, 0.1) is 6.61 Å². The lowest BCUT2D eigenvalue weighted by Gasteiger charge is -1.99. The van der Waals surface area contributed by atoms with Crippen molar-refractivity contribution in [3.8, 4) is 0 Å². The van der Waals surface area contributed by atoms with Gasteiger partial charge in [0.2, 0.25) is 0 Å². The van der Waals surface area contributed by atoms with Crippen LogP contribution >= 0.6 is 0 Å². The van der Waals surface area contributed by atoms with Gasteiger partial charge in [0.1, 0.15) is 0 Å². The van der Waals surface area contributed by atoms with E-state index >= 15 is 0 Å². The monoisotopic (exact) mass is 165 g/mol. The first-order valence-electron chi connectivity index (χ1n) is 4.22. The van der Waals surface area contributed by atoms with E-state index in [0.29, 0.717) is 6.54 Å². The molecule has 0 saturated heterocycles. The zero-order valence-electron chi connectivity index (χ0n) is 7.89. The maximum absolute atomic E-state index is 8.33. The molecule has 0 aliphatic carbocycles. The largest absolute Gasteiger partial charge is 0.395 e. The standard InChI is InChI=1S/C6H15NO2.C2H6.H2/c1-9-6-2-3-7-4-5-8;1-2;/h7-8H,2-6H2,1H3;1-2H3;1H. The van der Waals surface area contributed by atoms with E-state index in [4.69, 9.17) is 9.84 Å². The van der Waals surface area contributed by atoms with Crippen molar-refractivity contribution in [2.75, 3.05) is 33.4 Å². The maximum Gasteiger partial charge on any atom is 0.0555 e. The summed E-state index contributed by atoms with van der Waals surface area (Å²) in [5, 5.41) is 11.4. The number of hydrogen-bond donors (Lipinski definition) is 2. The molecule has 0 aromatic heterocycles. The van der Waals surface area contributed by atoms with Gasteiger partial charge >= 0.3 is 0 Å².